The van der Waals surface area contributed by atoms with Gasteiger partial charge in [0, 0.05) is 57.0 Å². The Labute approximate surface area is 215 Å². The predicted molar refractivity (Wildman–Crippen MR) is 142 cm³/mol. The summed E-state index contributed by atoms with van der Waals surface area (Å²) in [5.74, 6) is 0.341. The number of carbonyl (C=O) groups excluding carboxylic acids is 2. The summed E-state index contributed by atoms with van der Waals surface area (Å²) in [7, 11) is 1.53. The summed E-state index contributed by atoms with van der Waals surface area (Å²) in [6.45, 7) is 3.63. The largest absolute Gasteiger partial charge is 0.497 e. The highest BCUT2D eigenvalue weighted by atomic mass is 16.5. The highest BCUT2D eigenvalue weighted by molar-refractivity contribution is 5.93. The molecule has 2 aliphatic rings. The first kappa shape index (κ1) is 24.6. The number of rotatable bonds is 7. The topological polar surface area (TPSA) is 92.1 Å². The molecule has 0 spiro atoms. The minimum atomic E-state index is -0.429. The number of methoxy groups -OCH3 is 1. The molecule has 0 aliphatic carbocycles. The molecule has 2 aromatic carbocycles. The zero-order valence-electron chi connectivity index (χ0n) is 21.0. The van der Waals surface area contributed by atoms with Crippen molar-refractivity contribution < 1.29 is 18.7 Å². The minimum absolute atomic E-state index is 0.0212. The molecule has 0 saturated carbocycles. The van der Waals surface area contributed by atoms with Gasteiger partial charge in [0.25, 0.3) is 5.91 Å². The molecule has 0 radical (unpaired) electrons. The number of nitrogens with one attached hydrogen (secondary N) is 1. The maximum Gasteiger partial charge on any atom is 0.287 e. The van der Waals surface area contributed by atoms with E-state index in [2.05, 4.69) is 22.3 Å². The van der Waals surface area contributed by atoms with Crippen molar-refractivity contribution in [2.24, 2.45) is 0 Å². The third-order valence-corrected chi connectivity index (χ3v) is 7.08. The van der Waals surface area contributed by atoms with Crippen LogP contribution in [-0.4, -0.2) is 50.0 Å². The van der Waals surface area contributed by atoms with Crippen LogP contribution in [0.25, 0.3) is 11.0 Å². The van der Waals surface area contributed by atoms with E-state index >= 15 is 0 Å². The van der Waals surface area contributed by atoms with Crippen molar-refractivity contribution in [1.82, 2.24) is 10.2 Å². The van der Waals surface area contributed by atoms with E-state index < -0.39 is 5.91 Å². The first-order chi connectivity index (χ1) is 18.0. The number of nitrogens with zero attached hydrogens (tertiary/aromatic N) is 2. The van der Waals surface area contributed by atoms with Crippen molar-refractivity contribution in [2.45, 2.75) is 32.2 Å². The highest BCUT2D eigenvalue weighted by Crippen LogP contribution is 2.28. The smallest absolute Gasteiger partial charge is 0.287 e. The van der Waals surface area contributed by atoms with E-state index in [9.17, 15) is 14.4 Å². The Balaban J connectivity index is 1.17. The second-order valence-corrected chi connectivity index (χ2v) is 9.44. The lowest BCUT2D eigenvalue weighted by atomic mass is 10.0. The van der Waals surface area contributed by atoms with Crippen molar-refractivity contribution in [2.75, 3.05) is 38.2 Å². The van der Waals surface area contributed by atoms with E-state index in [-0.39, 0.29) is 17.1 Å². The lowest BCUT2D eigenvalue weighted by Crippen LogP contribution is -2.33. The van der Waals surface area contributed by atoms with E-state index in [1.807, 2.05) is 23.1 Å². The Morgan fingerprint density at radius 3 is 2.62 bits per heavy atom. The fraction of sp³-hybridized carbons (Fsp3) is 0.345. The van der Waals surface area contributed by atoms with Crippen LogP contribution < -0.4 is 20.4 Å². The molecule has 0 bridgehead atoms. The zero-order chi connectivity index (χ0) is 25.8. The molecule has 0 atom stereocenters. The SMILES string of the molecule is COc1ccc2c(=O)cc(C(=O)NCC=C3CCN(c4ccccc4CN4CCCC4=O)CC3)oc2c1. The number of hydrogen-bond acceptors (Lipinski definition) is 6. The normalized spacial score (nSPS) is 15.8. The zero-order valence-corrected chi connectivity index (χ0v) is 21.0. The summed E-state index contributed by atoms with van der Waals surface area (Å²) in [5, 5.41) is 3.24. The third-order valence-electron chi connectivity index (χ3n) is 7.08. The van der Waals surface area contributed by atoms with Crippen LogP contribution in [0.2, 0.25) is 0 Å². The van der Waals surface area contributed by atoms with Crippen molar-refractivity contribution in [3.05, 3.63) is 81.7 Å². The van der Waals surface area contributed by atoms with Gasteiger partial charge in [0.05, 0.1) is 12.5 Å². The van der Waals surface area contributed by atoms with Crippen molar-refractivity contribution in [1.29, 1.82) is 0 Å². The van der Waals surface area contributed by atoms with Crippen LogP contribution in [0.3, 0.4) is 0 Å². The Morgan fingerprint density at radius 2 is 1.86 bits per heavy atom. The number of amides is 2. The fourth-order valence-corrected chi connectivity index (χ4v) is 5.02. The van der Waals surface area contributed by atoms with Gasteiger partial charge < -0.3 is 24.3 Å². The van der Waals surface area contributed by atoms with E-state index in [0.717, 1.165) is 38.9 Å². The number of benzene rings is 2. The molecule has 3 heterocycles. The second-order valence-electron chi connectivity index (χ2n) is 9.44. The molecule has 2 fully saturated rings. The highest BCUT2D eigenvalue weighted by Gasteiger charge is 2.23. The Bertz CT molecular complexity index is 1400. The van der Waals surface area contributed by atoms with Gasteiger partial charge in [-0.05, 0) is 43.0 Å². The standard InChI is InChI=1S/C29H31N3O5/c1-36-22-8-9-23-25(33)18-27(37-26(23)17-22)29(35)30-13-10-20-11-15-31(16-12-20)24-6-3-2-5-21(24)19-32-14-4-7-28(32)34/h2-3,5-6,8-10,17-18H,4,7,11-16,19H2,1H3,(H,30,35). The first-order valence-electron chi connectivity index (χ1n) is 12.7. The molecular formula is C29H31N3O5. The van der Waals surface area contributed by atoms with Gasteiger partial charge >= 0.3 is 0 Å². The van der Waals surface area contributed by atoms with E-state index in [1.165, 1.54) is 30.0 Å². The third kappa shape index (κ3) is 5.53. The molecule has 2 aliphatic heterocycles. The Kier molecular flexibility index (Phi) is 7.25. The van der Waals surface area contributed by atoms with Gasteiger partial charge in [-0.2, -0.15) is 0 Å². The molecule has 2 saturated heterocycles. The monoisotopic (exact) mass is 501 g/mol. The molecule has 37 heavy (non-hydrogen) atoms. The van der Waals surface area contributed by atoms with Gasteiger partial charge in [-0.15, -0.1) is 0 Å². The summed E-state index contributed by atoms with van der Waals surface area (Å²) in [6, 6.07) is 14.5. The lowest BCUT2D eigenvalue weighted by molar-refractivity contribution is -0.128. The Hall–Kier alpha value is -4.07. The quantitative estimate of drug-likeness (QED) is 0.494. The molecule has 3 aromatic rings. The average Bonchev–Trinajstić information content (AvgIpc) is 3.33. The second kappa shape index (κ2) is 10.9. The molecule has 5 rings (SSSR count). The number of likely N-dealkylation sites (tertiary alicyclic amines) is 1. The predicted octanol–water partition coefficient (Wildman–Crippen LogP) is 3.88. The van der Waals surface area contributed by atoms with Gasteiger partial charge in [-0.25, -0.2) is 0 Å². The van der Waals surface area contributed by atoms with Gasteiger partial charge in [0.2, 0.25) is 5.91 Å². The van der Waals surface area contributed by atoms with Crippen LogP contribution in [-0.2, 0) is 11.3 Å². The number of hydrogen-bond donors (Lipinski definition) is 1. The lowest BCUT2D eigenvalue weighted by Gasteiger charge is -2.33. The molecule has 8 heteroatoms. The number of para-hydroxylation sites is 1. The van der Waals surface area contributed by atoms with Gasteiger partial charge in [-0.1, -0.05) is 29.8 Å². The number of piperidine rings is 1. The van der Waals surface area contributed by atoms with Crippen LogP contribution >= 0.6 is 0 Å². The van der Waals surface area contributed by atoms with Gasteiger partial charge in [-0.3, -0.25) is 14.4 Å². The Morgan fingerprint density at radius 1 is 1.05 bits per heavy atom. The number of carbonyl (C=O) groups is 2. The van der Waals surface area contributed by atoms with Crippen LogP contribution in [0.4, 0.5) is 5.69 Å². The van der Waals surface area contributed by atoms with Gasteiger partial charge in [0.15, 0.2) is 11.2 Å². The fourth-order valence-electron chi connectivity index (χ4n) is 5.02. The first-order valence-corrected chi connectivity index (χ1v) is 12.7. The minimum Gasteiger partial charge on any atom is -0.497 e. The summed E-state index contributed by atoms with van der Waals surface area (Å²) in [4.78, 5) is 41.5. The summed E-state index contributed by atoms with van der Waals surface area (Å²) >= 11 is 0. The molecular weight excluding hydrogens is 470 g/mol. The number of fused-ring (bicyclic) bond motifs is 1. The summed E-state index contributed by atoms with van der Waals surface area (Å²) in [5.41, 5.74) is 3.71. The maximum absolute atomic E-state index is 12.6. The molecule has 8 nitrogen and oxygen atoms in total. The molecule has 1 aromatic heterocycles. The summed E-state index contributed by atoms with van der Waals surface area (Å²) in [6.07, 6.45) is 5.44. The van der Waals surface area contributed by atoms with E-state index in [4.69, 9.17) is 9.15 Å². The molecule has 2 amide bonds. The van der Waals surface area contributed by atoms with Crippen LogP contribution in [0, 0.1) is 0 Å². The molecule has 1 N–H and O–H groups in total. The molecule has 0 unspecified atom stereocenters. The number of ether oxygens (including phenoxy) is 1. The maximum atomic E-state index is 12.6. The number of anilines is 1. The molecule has 192 valence electrons. The van der Waals surface area contributed by atoms with Crippen molar-refractivity contribution >= 4 is 28.5 Å². The van der Waals surface area contributed by atoms with Crippen molar-refractivity contribution in [3.63, 3.8) is 0 Å². The van der Waals surface area contributed by atoms with Crippen LogP contribution in [0.5, 0.6) is 5.75 Å². The summed E-state index contributed by atoms with van der Waals surface area (Å²) < 4.78 is 10.9. The van der Waals surface area contributed by atoms with Crippen LogP contribution in [0.15, 0.2) is 69.4 Å². The van der Waals surface area contributed by atoms with Crippen molar-refractivity contribution in [3.8, 4) is 5.75 Å². The average molecular weight is 502 g/mol. The van der Waals surface area contributed by atoms with E-state index in [1.54, 1.807) is 18.2 Å². The van der Waals surface area contributed by atoms with E-state index in [0.29, 0.717) is 36.2 Å². The van der Waals surface area contributed by atoms with Crippen LogP contribution in [0.1, 0.15) is 41.8 Å². The van der Waals surface area contributed by atoms with Gasteiger partial charge in [0.1, 0.15) is 11.3 Å².